The Bertz CT molecular complexity index is 1150. The molecular weight excluding hydrogens is 336 g/mol. The average Bonchev–Trinajstić information content (AvgIpc) is 3.08. The second-order valence-corrected chi connectivity index (χ2v) is 6.76. The van der Waals surface area contributed by atoms with Gasteiger partial charge in [0, 0.05) is 34.2 Å². The average molecular weight is 356 g/mol. The highest BCUT2D eigenvalue weighted by Gasteiger charge is 2.19. The summed E-state index contributed by atoms with van der Waals surface area (Å²) in [6.45, 7) is 4.16. The van der Waals surface area contributed by atoms with Gasteiger partial charge in [-0.1, -0.05) is 56.3 Å². The minimum Gasteiger partial charge on any atom is -0.350 e. The van der Waals surface area contributed by atoms with Crippen molar-refractivity contribution in [2.45, 2.75) is 19.8 Å². The molecular formula is C22H20N4O. The van der Waals surface area contributed by atoms with Gasteiger partial charge in [0.05, 0.1) is 6.21 Å². The van der Waals surface area contributed by atoms with Crippen molar-refractivity contribution in [2.24, 2.45) is 5.10 Å². The van der Waals surface area contributed by atoms with Crippen molar-refractivity contribution in [2.75, 3.05) is 0 Å². The van der Waals surface area contributed by atoms with Gasteiger partial charge in [0.25, 0.3) is 5.91 Å². The van der Waals surface area contributed by atoms with Gasteiger partial charge in [0.15, 0.2) is 0 Å². The quantitative estimate of drug-likeness (QED) is 0.414. The first-order valence-corrected chi connectivity index (χ1v) is 8.92. The maximum absolute atomic E-state index is 12.7. The van der Waals surface area contributed by atoms with E-state index in [1.165, 1.54) is 0 Å². The van der Waals surface area contributed by atoms with E-state index in [1.54, 1.807) is 12.4 Å². The normalized spacial score (nSPS) is 11.7. The van der Waals surface area contributed by atoms with E-state index in [9.17, 15) is 4.79 Å². The van der Waals surface area contributed by atoms with Crippen LogP contribution in [0.15, 0.2) is 66.0 Å². The molecule has 134 valence electrons. The zero-order valence-corrected chi connectivity index (χ0v) is 15.2. The zero-order valence-electron chi connectivity index (χ0n) is 15.2. The van der Waals surface area contributed by atoms with E-state index in [-0.39, 0.29) is 11.8 Å². The summed E-state index contributed by atoms with van der Waals surface area (Å²) in [5.74, 6) is -0.0347. The topological polar surface area (TPSA) is 70.1 Å². The fourth-order valence-electron chi connectivity index (χ4n) is 3.40. The summed E-state index contributed by atoms with van der Waals surface area (Å²) in [7, 11) is 0. The summed E-state index contributed by atoms with van der Waals surface area (Å²) in [5.41, 5.74) is 6.01. The van der Waals surface area contributed by atoms with Crippen LogP contribution in [0.2, 0.25) is 0 Å². The van der Waals surface area contributed by atoms with Gasteiger partial charge < -0.3 is 4.98 Å². The standard InChI is InChI=1S/C22H20N4O/c1-14(2)20-18-9-5-6-10-19(18)25-21(20)22(27)26-24-13-16-12-23-11-15-7-3-4-8-17(15)16/h3-14,25H,1-2H3,(H,26,27). The number of carbonyl (C=O) groups is 1. The number of nitrogens with zero attached hydrogens (tertiary/aromatic N) is 2. The number of fused-ring (bicyclic) bond motifs is 2. The van der Waals surface area contributed by atoms with Crippen molar-refractivity contribution in [1.82, 2.24) is 15.4 Å². The molecule has 4 rings (SSSR count). The number of rotatable bonds is 4. The lowest BCUT2D eigenvalue weighted by atomic mass is 9.99. The Morgan fingerprint density at radius 1 is 1.07 bits per heavy atom. The molecule has 2 N–H and O–H groups in total. The van der Waals surface area contributed by atoms with Crippen molar-refractivity contribution in [3.8, 4) is 0 Å². The lowest BCUT2D eigenvalue weighted by molar-refractivity contribution is 0.0949. The van der Waals surface area contributed by atoms with Crippen LogP contribution in [0.4, 0.5) is 0 Å². The number of pyridine rings is 1. The number of H-pyrrole nitrogens is 1. The number of amides is 1. The number of hydrogen-bond acceptors (Lipinski definition) is 3. The van der Waals surface area contributed by atoms with Crippen LogP contribution in [0.3, 0.4) is 0 Å². The Balaban J connectivity index is 1.62. The SMILES string of the molecule is CC(C)c1c(C(=O)NN=Cc2cncc3ccccc23)[nH]c2ccccc12. The summed E-state index contributed by atoms with van der Waals surface area (Å²) >= 11 is 0. The number of aromatic amines is 1. The van der Waals surface area contributed by atoms with E-state index in [0.717, 1.165) is 32.8 Å². The smallest absolute Gasteiger partial charge is 0.288 e. The second kappa shape index (κ2) is 7.03. The molecule has 0 unspecified atom stereocenters. The zero-order chi connectivity index (χ0) is 18.8. The molecule has 4 aromatic rings. The predicted molar refractivity (Wildman–Crippen MR) is 109 cm³/mol. The van der Waals surface area contributed by atoms with Gasteiger partial charge in [-0.3, -0.25) is 9.78 Å². The van der Waals surface area contributed by atoms with E-state index in [2.05, 4.69) is 34.3 Å². The number of hydrazone groups is 1. The first kappa shape index (κ1) is 17.0. The third-order valence-electron chi connectivity index (χ3n) is 4.62. The molecule has 0 spiro atoms. The molecule has 0 bridgehead atoms. The van der Waals surface area contributed by atoms with Gasteiger partial charge >= 0.3 is 0 Å². The number of hydrogen-bond donors (Lipinski definition) is 2. The minimum atomic E-state index is -0.251. The highest BCUT2D eigenvalue weighted by Crippen LogP contribution is 2.29. The molecule has 2 aromatic carbocycles. The summed E-state index contributed by atoms with van der Waals surface area (Å²) in [6.07, 6.45) is 5.18. The summed E-state index contributed by atoms with van der Waals surface area (Å²) in [6, 6.07) is 15.9. The third kappa shape index (κ3) is 3.19. The van der Waals surface area contributed by atoms with E-state index < -0.39 is 0 Å². The van der Waals surface area contributed by atoms with Gasteiger partial charge in [-0.15, -0.1) is 0 Å². The lowest BCUT2D eigenvalue weighted by Gasteiger charge is -2.07. The summed E-state index contributed by atoms with van der Waals surface area (Å²) in [4.78, 5) is 20.2. The number of benzene rings is 2. The minimum absolute atomic E-state index is 0.216. The molecule has 5 nitrogen and oxygen atoms in total. The van der Waals surface area contributed by atoms with Crippen molar-refractivity contribution in [1.29, 1.82) is 0 Å². The molecule has 0 saturated heterocycles. The van der Waals surface area contributed by atoms with Crippen LogP contribution >= 0.6 is 0 Å². The van der Waals surface area contributed by atoms with E-state index in [0.29, 0.717) is 5.69 Å². The Morgan fingerprint density at radius 2 is 1.81 bits per heavy atom. The van der Waals surface area contributed by atoms with E-state index in [4.69, 9.17) is 0 Å². The fraction of sp³-hybridized carbons (Fsp3) is 0.136. The summed E-state index contributed by atoms with van der Waals surface area (Å²) < 4.78 is 0. The van der Waals surface area contributed by atoms with Crippen LogP contribution in [-0.4, -0.2) is 22.1 Å². The molecule has 0 fully saturated rings. The maximum Gasteiger partial charge on any atom is 0.288 e. The molecule has 0 aliphatic rings. The monoisotopic (exact) mass is 356 g/mol. The first-order chi connectivity index (χ1) is 13.1. The molecule has 1 amide bonds. The van der Waals surface area contributed by atoms with E-state index >= 15 is 0 Å². The van der Waals surface area contributed by atoms with Gasteiger partial charge in [0.1, 0.15) is 5.69 Å². The van der Waals surface area contributed by atoms with Gasteiger partial charge in [0.2, 0.25) is 0 Å². The van der Waals surface area contributed by atoms with Gasteiger partial charge in [-0.25, -0.2) is 5.43 Å². The molecule has 2 heterocycles. The fourth-order valence-corrected chi connectivity index (χ4v) is 3.40. The Kier molecular flexibility index (Phi) is 4.42. The molecule has 0 aliphatic carbocycles. The molecule has 0 saturated carbocycles. The van der Waals surface area contributed by atoms with Gasteiger partial charge in [-0.05, 0) is 22.9 Å². The Morgan fingerprint density at radius 3 is 2.63 bits per heavy atom. The second-order valence-electron chi connectivity index (χ2n) is 6.76. The van der Waals surface area contributed by atoms with Crippen molar-refractivity contribution < 1.29 is 4.79 Å². The van der Waals surface area contributed by atoms with Crippen molar-refractivity contribution >= 4 is 33.8 Å². The third-order valence-corrected chi connectivity index (χ3v) is 4.62. The number of carbonyl (C=O) groups excluding carboxylic acids is 1. The number of para-hydroxylation sites is 1. The molecule has 0 radical (unpaired) electrons. The molecule has 0 aliphatic heterocycles. The largest absolute Gasteiger partial charge is 0.350 e. The van der Waals surface area contributed by atoms with Crippen LogP contribution in [0.1, 0.15) is 41.4 Å². The molecule has 5 heteroatoms. The van der Waals surface area contributed by atoms with Gasteiger partial charge in [-0.2, -0.15) is 5.10 Å². The highest BCUT2D eigenvalue weighted by atomic mass is 16.2. The van der Waals surface area contributed by atoms with Crippen LogP contribution in [0.25, 0.3) is 21.7 Å². The van der Waals surface area contributed by atoms with Crippen molar-refractivity contribution in [3.63, 3.8) is 0 Å². The maximum atomic E-state index is 12.7. The summed E-state index contributed by atoms with van der Waals surface area (Å²) in [5, 5.41) is 7.30. The Hall–Kier alpha value is -3.47. The Labute approximate surface area is 157 Å². The van der Waals surface area contributed by atoms with Crippen LogP contribution in [0, 0.1) is 0 Å². The lowest BCUT2D eigenvalue weighted by Crippen LogP contribution is -2.20. The van der Waals surface area contributed by atoms with Crippen LogP contribution in [0.5, 0.6) is 0 Å². The highest BCUT2D eigenvalue weighted by molar-refractivity contribution is 6.03. The predicted octanol–water partition coefficient (Wildman–Crippen LogP) is 4.60. The number of nitrogens with one attached hydrogen (secondary N) is 2. The first-order valence-electron chi connectivity index (χ1n) is 8.92. The molecule has 2 aromatic heterocycles. The van der Waals surface area contributed by atoms with E-state index in [1.807, 2.05) is 54.7 Å². The van der Waals surface area contributed by atoms with Crippen LogP contribution in [-0.2, 0) is 0 Å². The molecule has 27 heavy (non-hydrogen) atoms. The molecule has 0 atom stereocenters. The number of aromatic nitrogens is 2. The van der Waals surface area contributed by atoms with Crippen molar-refractivity contribution in [3.05, 3.63) is 77.7 Å². The van der Waals surface area contributed by atoms with Crippen LogP contribution < -0.4 is 5.43 Å².